The topological polar surface area (TPSA) is 41.6 Å². The minimum atomic E-state index is -0.172. The monoisotopic (exact) mass is 278 g/mol. The van der Waals surface area contributed by atoms with Gasteiger partial charge in [-0.2, -0.15) is 0 Å². The number of nitrogens with one attached hydrogen (secondary N) is 1. The standard InChI is InChI=1S/C16H26N2O2/c1-16(2,3)17-15(19)13-18(4)11-8-12-20-14-9-6-5-7-10-14/h5-7,9-10H,8,11-13H2,1-4H3,(H,17,19). The Morgan fingerprint density at radius 2 is 1.90 bits per heavy atom. The molecule has 0 aliphatic heterocycles. The number of rotatable bonds is 7. The van der Waals surface area contributed by atoms with Gasteiger partial charge in [0.05, 0.1) is 13.2 Å². The Morgan fingerprint density at radius 3 is 2.50 bits per heavy atom. The van der Waals surface area contributed by atoms with Gasteiger partial charge < -0.3 is 10.1 Å². The summed E-state index contributed by atoms with van der Waals surface area (Å²) >= 11 is 0. The Labute approximate surface area is 122 Å². The second-order valence-electron chi connectivity index (χ2n) is 6.05. The van der Waals surface area contributed by atoms with Crippen LogP contribution in [0, 0.1) is 0 Å². The second kappa shape index (κ2) is 7.90. The SMILES string of the molecule is CN(CCCOc1ccccc1)CC(=O)NC(C)(C)C. The lowest BCUT2D eigenvalue weighted by molar-refractivity contribution is -0.123. The van der Waals surface area contributed by atoms with E-state index in [1.165, 1.54) is 0 Å². The van der Waals surface area contributed by atoms with Gasteiger partial charge in [0.15, 0.2) is 0 Å². The molecule has 0 aromatic heterocycles. The molecule has 0 aliphatic carbocycles. The molecule has 112 valence electrons. The molecule has 1 aromatic carbocycles. The molecule has 0 bridgehead atoms. The van der Waals surface area contributed by atoms with Crippen LogP contribution in [-0.4, -0.2) is 43.1 Å². The minimum Gasteiger partial charge on any atom is -0.494 e. The maximum atomic E-state index is 11.7. The smallest absolute Gasteiger partial charge is 0.234 e. The van der Waals surface area contributed by atoms with E-state index in [9.17, 15) is 4.79 Å². The number of hydrogen-bond acceptors (Lipinski definition) is 3. The average molecular weight is 278 g/mol. The van der Waals surface area contributed by atoms with E-state index < -0.39 is 0 Å². The largest absolute Gasteiger partial charge is 0.494 e. The predicted octanol–water partition coefficient (Wildman–Crippen LogP) is 2.30. The quantitative estimate of drug-likeness (QED) is 0.778. The van der Waals surface area contributed by atoms with E-state index in [4.69, 9.17) is 4.74 Å². The second-order valence-corrected chi connectivity index (χ2v) is 6.05. The summed E-state index contributed by atoms with van der Waals surface area (Å²) in [7, 11) is 1.95. The zero-order valence-corrected chi connectivity index (χ0v) is 13.0. The van der Waals surface area contributed by atoms with Crippen molar-refractivity contribution in [2.75, 3.05) is 26.7 Å². The van der Waals surface area contributed by atoms with E-state index in [1.54, 1.807) is 0 Å². The van der Waals surface area contributed by atoms with E-state index in [1.807, 2.05) is 63.1 Å². The molecule has 0 saturated carbocycles. The fraction of sp³-hybridized carbons (Fsp3) is 0.562. The van der Waals surface area contributed by atoms with Gasteiger partial charge >= 0.3 is 0 Å². The van der Waals surface area contributed by atoms with Gasteiger partial charge in [-0.3, -0.25) is 9.69 Å². The molecule has 0 atom stereocenters. The molecule has 1 aromatic rings. The minimum absolute atomic E-state index is 0.0592. The number of carbonyl (C=O) groups excluding carboxylic acids is 1. The van der Waals surface area contributed by atoms with Crippen LogP contribution < -0.4 is 10.1 Å². The summed E-state index contributed by atoms with van der Waals surface area (Å²) in [6.07, 6.45) is 0.897. The van der Waals surface area contributed by atoms with Crippen molar-refractivity contribution >= 4 is 5.91 Å². The van der Waals surface area contributed by atoms with Crippen LogP contribution in [0.15, 0.2) is 30.3 Å². The molecule has 0 unspecified atom stereocenters. The van der Waals surface area contributed by atoms with E-state index >= 15 is 0 Å². The number of amides is 1. The molecule has 1 amide bonds. The van der Waals surface area contributed by atoms with Crippen LogP contribution in [0.4, 0.5) is 0 Å². The molecule has 0 radical (unpaired) electrons. The maximum Gasteiger partial charge on any atom is 0.234 e. The van der Waals surface area contributed by atoms with Gasteiger partial charge in [-0.15, -0.1) is 0 Å². The van der Waals surface area contributed by atoms with Gasteiger partial charge in [-0.05, 0) is 46.4 Å². The first-order chi connectivity index (χ1) is 9.37. The summed E-state index contributed by atoms with van der Waals surface area (Å²) in [5.41, 5.74) is -0.172. The zero-order chi connectivity index (χ0) is 15.0. The summed E-state index contributed by atoms with van der Waals surface area (Å²) in [6.45, 7) is 7.87. The van der Waals surface area contributed by atoms with Crippen LogP contribution in [0.3, 0.4) is 0 Å². The average Bonchev–Trinajstić information content (AvgIpc) is 2.33. The lowest BCUT2D eigenvalue weighted by atomic mass is 10.1. The van der Waals surface area contributed by atoms with Crippen molar-refractivity contribution in [3.8, 4) is 5.75 Å². The van der Waals surface area contributed by atoms with Gasteiger partial charge in [-0.25, -0.2) is 0 Å². The lowest BCUT2D eigenvalue weighted by Crippen LogP contribution is -2.45. The maximum absolute atomic E-state index is 11.7. The Hall–Kier alpha value is -1.55. The summed E-state index contributed by atoms with van der Waals surface area (Å²) in [5, 5.41) is 2.95. The summed E-state index contributed by atoms with van der Waals surface area (Å²) in [4.78, 5) is 13.7. The number of carbonyl (C=O) groups is 1. The lowest BCUT2D eigenvalue weighted by Gasteiger charge is -2.23. The molecule has 0 aliphatic rings. The first-order valence-electron chi connectivity index (χ1n) is 7.04. The van der Waals surface area contributed by atoms with Gasteiger partial charge in [0.2, 0.25) is 5.91 Å². The molecule has 0 fully saturated rings. The highest BCUT2D eigenvalue weighted by molar-refractivity contribution is 5.78. The van der Waals surface area contributed by atoms with Crippen LogP contribution in [0.1, 0.15) is 27.2 Å². The van der Waals surface area contributed by atoms with Crippen molar-refractivity contribution in [1.29, 1.82) is 0 Å². The number of hydrogen-bond donors (Lipinski definition) is 1. The van der Waals surface area contributed by atoms with Crippen LogP contribution in [0.2, 0.25) is 0 Å². The van der Waals surface area contributed by atoms with Crippen molar-refractivity contribution in [2.45, 2.75) is 32.7 Å². The highest BCUT2D eigenvalue weighted by Crippen LogP contribution is 2.08. The van der Waals surface area contributed by atoms with Crippen LogP contribution in [-0.2, 0) is 4.79 Å². The number of para-hydroxylation sites is 1. The van der Waals surface area contributed by atoms with Crippen LogP contribution in [0.5, 0.6) is 5.75 Å². The molecule has 1 N–H and O–H groups in total. The van der Waals surface area contributed by atoms with E-state index in [0.29, 0.717) is 13.2 Å². The summed E-state index contributed by atoms with van der Waals surface area (Å²) < 4.78 is 5.61. The zero-order valence-electron chi connectivity index (χ0n) is 13.0. The van der Waals surface area contributed by atoms with Crippen LogP contribution in [0.25, 0.3) is 0 Å². The first kappa shape index (κ1) is 16.5. The van der Waals surface area contributed by atoms with Gasteiger partial charge in [-0.1, -0.05) is 18.2 Å². The summed E-state index contributed by atoms with van der Waals surface area (Å²) in [5.74, 6) is 0.949. The number of nitrogens with zero attached hydrogens (tertiary/aromatic N) is 1. The number of benzene rings is 1. The van der Waals surface area contributed by atoms with Crippen molar-refractivity contribution in [2.24, 2.45) is 0 Å². The molecule has 0 saturated heterocycles. The Morgan fingerprint density at radius 1 is 1.25 bits per heavy atom. The molecule has 0 spiro atoms. The molecule has 4 nitrogen and oxygen atoms in total. The molecular formula is C16H26N2O2. The van der Waals surface area contributed by atoms with Gasteiger partial charge in [0.1, 0.15) is 5.75 Å². The van der Waals surface area contributed by atoms with Crippen molar-refractivity contribution < 1.29 is 9.53 Å². The third-order valence-electron chi connectivity index (χ3n) is 2.62. The van der Waals surface area contributed by atoms with Crippen LogP contribution >= 0.6 is 0 Å². The molecule has 0 heterocycles. The predicted molar refractivity (Wildman–Crippen MR) is 81.9 cm³/mol. The highest BCUT2D eigenvalue weighted by atomic mass is 16.5. The van der Waals surface area contributed by atoms with Gasteiger partial charge in [0.25, 0.3) is 0 Å². The Kier molecular flexibility index (Phi) is 6.52. The van der Waals surface area contributed by atoms with E-state index in [2.05, 4.69) is 5.32 Å². The number of likely N-dealkylation sites (N-methyl/N-ethyl adjacent to an activating group) is 1. The molecule has 1 rings (SSSR count). The third kappa shape index (κ3) is 7.79. The highest BCUT2D eigenvalue weighted by Gasteiger charge is 2.14. The third-order valence-corrected chi connectivity index (χ3v) is 2.62. The van der Waals surface area contributed by atoms with Crippen molar-refractivity contribution in [3.05, 3.63) is 30.3 Å². The van der Waals surface area contributed by atoms with Gasteiger partial charge in [0, 0.05) is 12.1 Å². The van der Waals surface area contributed by atoms with Crippen molar-refractivity contribution in [1.82, 2.24) is 10.2 Å². The normalized spacial score (nSPS) is 11.4. The fourth-order valence-corrected chi connectivity index (χ4v) is 1.82. The Bertz CT molecular complexity index is 399. The van der Waals surface area contributed by atoms with E-state index in [0.717, 1.165) is 18.7 Å². The molecule has 20 heavy (non-hydrogen) atoms. The Balaban J connectivity index is 2.14. The molecular weight excluding hydrogens is 252 g/mol. The number of ether oxygens (including phenoxy) is 1. The first-order valence-corrected chi connectivity index (χ1v) is 7.04. The van der Waals surface area contributed by atoms with E-state index in [-0.39, 0.29) is 11.4 Å². The molecule has 4 heteroatoms. The summed E-state index contributed by atoms with van der Waals surface area (Å²) in [6, 6.07) is 9.77. The fourth-order valence-electron chi connectivity index (χ4n) is 1.82. The van der Waals surface area contributed by atoms with Crippen molar-refractivity contribution in [3.63, 3.8) is 0 Å².